The molecular weight excluding hydrogens is 154 g/mol. The highest BCUT2D eigenvalue weighted by atomic mass is 16.5. The van der Waals surface area contributed by atoms with Gasteiger partial charge in [0, 0.05) is 0 Å². The van der Waals surface area contributed by atoms with Crippen LogP contribution < -0.4 is 5.32 Å². The summed E-state index contributed by atoms with van der Waals surface area (Å²) >= 11 is 0. The first kappa shape index (κ1) is 8.60. The van der Waals surface area contributed by atoms with Crippen molar-refractivity contribution < 1.29 is 4.52 Å². The topological polar surface area (TPSA) is 51.0 Å². The van der Waals surface area contributed by atoms with Crippen molar-refractivity contribution in [3.05, 3.63) is 5.82 Å². The number of nitrogens with zero attached hydrogens (tertiary/aromatic N) is 2. The van der Waals surface area contributed by atoms with Crippen LogP contribution in [0.2, 0.25) is 0 Å². The highest BCUT2D eigenvalue weighted by molar-refractivity contribution is 5.25. The Morgan fingerprint density at radius 2 is 2.50 bits per heavy atom. The largest absolute Gasteiger partial charge is 0.324 e. The van der Waals surface area contributed by atoms with Crippen molar-refractivity contribution in [2.24, 2.45) is 0 Å². The molecule has 0 spiro atoms. The molecule has 0 amide bonds. The van der Waals surface area contributed by atoms with Gasteiger partial charge in [0.1, 0.15) is 0 Å². The van der Waals surface area contributed by atoms with Gasteiger partial charge in [0.25, 0.3) is 0 Å². The first-order chi connectivity index (χ1) is 5.76. The zero-order valence-electron chi connectivity index (χ0n) is 7.16. The van der Waals surface area contributed by atoms with Crippen molar-refractivity contribution in [2.45, 2.75) is 26.3 Å². The van der Waals surface area contributed by atoms with Gasteiger partial charge in [0.05, 0.1) is 6.04 Å². The second-order valence-electron chi connectivity index (χ2n) is 2.42. The zero-order chi connectivity index (χ0) is 8.97. The summed E-state index contributed by atoms with van der Waals surface area (Å²) in [5.74, 6) is 3.17. The third-order valence-electron chi connectivity index (χ3n) is 1.43. The molecule has 1 atom stereocenters. The third-order valence-corrected chi connectivity index (χ3v) is 1.43. The Morgan fingerprint density at radius 3 is 2.92 bits per heavy atom. The SMILES string of the molecule is C#CC(CC)Nc1nc(C)no1. The Kier molecular flexibility index (Phi) is 2.70. The van der Waals surface area contributed by atoms with Gasteiger partial charge in [-0.05, 0) is 13.3 Å². The smallest absolute Gasteiger partial charge is 0.322 e. The molecule has 0 aliphatic heterocycles. The highest BCUT2D eigenvalue weighted by Gasteiger charge is 2.06. The summed E-state index contributed by atoms with van der Waals surface area (Å²) in [5.41, 5.74) is 0. The normalized spacial score (nSPS) is 12.1. The summed E-state index contributed by atoms with van der Waals surface area (Å²) < 4.78 is 4.83. The standard InChI is InChI=1S/C8H11N3O/c1-4-7(5-2)10-8-9-6(3)11-12-8/h1,7H,5H2,2-3H3,(H,9,10,11). The molecule has 1 rings (SSSR count). The number of terminal acetylenes is 1. The van der Waals surface area contributed by atoms with E-state index in [0.29, 0.717) is 11.8 Å². The van der Waals surface area contributed by atoms with Crippen LogP contribution in [0.1, 0.15) is 19.2 Å². The lowest BCUT2D eigenvalue weighted by Crippen LogP contribution is -2.15. The van der Waals surface area contributed by atoms with E-state index in [-0.39, 0.29) is 6.04 Å². The predicted molar refractivity (Wildman–Crippen MR) is 45.6 cm³/mol. The van der Waals surface area contributed by atoms with Crippen LogP contribution in [-0.4, -0.2) is 16.2 Å². The third kappa shape index (κ3) is 1.99. The van der Waals surface area contributed by atoms with Gasteiger partial charge in [0.15, 0.2) is 5.82 Å². The van der Waals surface area contributed by atoms with E-state index in [0.717, 1.165) is 6.42 Å². The van der Waals surface area contributed by atoms with Crippen LogP contribution in [0, 0.1) is 19.3 Å². The molecule has 0 aromatic carbocycles. The van der Waals surface area contributed by atoms with Crippen LogP contribution in [0.25, 0.3) is 0 Å². The molecule has 0 aliphatic carbocycles. The van der Waals surface area contributed by atoms with Gasteiger partial charge >= 0.3 is 6.01 Å². The first-order valence-corrected chi connectivity index (χ1v) is 3.79. The van der Waals surface area contributed by atoms with Crippen molar-refractivity contribution >= 4 is 6.01 Å². The lowest BCUT2D eigenvalue weighted by molar-refractivity contribution is 0.423. The molecule has 64 valence electrons. The zero-order valence-corrected chi connectivity index (χ0v) is 7.16. The van der Waals surface area contributed by atoms with Crippen LogP contribution in [0.4, 0.5) is 6.01 Å². The molecule has 0 saturated carbocycles. The minimum Gasteiger partial charge on any atom is -0.324 e. The summed E-state index contributed by atoms with van der Waals surface area (Å²) in [6.45, 7) is 3.74. The molecule has 0 radical (unpaired) electrons. The Hall–Kier alpha value is -1.50. The molecule has 0 fully saturated rings. The van der Waals surface area contributed by atoms with Gasteiger partial charge < -0.3 is 9.84 Å². The van der Waals surface area contributed by atoms with Crippen LogP contribution in [0.3, 0.4) is 0 Å². The van der Waals surface area contributed by atoms with E-state index in [4.69, 9.17) is 10.9 Å². The van der Waals surface area contributed by atoms with Gasteiger partial charge in [0.2, 0.25) is 0 Å². The van der Waals surface area contributed by atoms with E-state index in [1.165, 1.54) is 0 Å². The van der Waals surface area contributed by atoms with Gasteiger partial charge in [-0.3, -0.25) is 0 Å². The Balaban J connectivity index is 2.58. The lowest BCUT2D eigenvalue weighted by Gasteiger charge is -2.05. The van der Waals surface area contributed by atoms with Crippen molar-refractivity contribution in [3.63, 3.8) is 0 Å². The van der Waals surface area contributed by atoms with E-state index in [1.807, 2.05) is 6.92 Å². The fraction of sp³-hybridized carbons (Fsp3) is 0.500. The molecule has 1 aromatic rings. The first-order valence-electron chi connectivity index (χ1n) is 3.79. The average Bonchev–Trinajstić information content (AvgIpc) is 2.47. The maximum absolute atomic E-state index is 5.24. The summed E-state index contributed by atoms with van der Waals surface area (Å²) in [4.78, 5) is 3.96. The fourth-order valence-corrected chi connectivity index (χ4v) is 0.766. The number of rotatable bonds is 3. The number of hydrogen-bond donors (Lipinski definition) is 1. The number of aryl methyl sites for hydroxylation is 1. The van der Waals surface area contributed by atoms with Gasteiger partial charge in [-0.1, -0.05) is 18.0 Å². The maximum Gasteiger partial charge on any atom is 0.322 e. The Labute approximate surface area is 71.4 Å². The second kappa shape index (κ2) is 3.77. The Bertz CT molecular complexity index is 287. The lowest BCUT2D eigenvalue weighted by atomic mass is 10.2. The second-order valence-corrected chi connectivity index (χ2v) is 2.42. The average molecular weight is 165 g/mol. The highest BCUT2D eigenvalue weighted by Crippen LogP contribution is 2.05. The molecule has 1 heterocycles. The molecule has 1 aromatic heterocycles. The molecule has 12 heavy (non-hydrogen) atoms. The number of nitrogens with one attached hydrogen (secondary N) is 1. The molecule has 4 heteroatoms. The summed E-state index contributed by atoms with van der Waals surface area (Å²) in [6, 6.07) is 0.349. The molecule has 1 N–H and O–H groups in total. The van der Waals surface area contributed by atoms with E-state index in [2.05, 4.69) is 21.4 Å². The van der Waals surface area contributed by atoms with E-state index in [1.54, 1.807) is 6.92 Å². The van der Waals surface area contributed by atoms with Crippen LogP contribution >= 0.6 is 0 Å². The van der Waals surface area contributed by atoms with Crippen molar-refractivity contribution in [1.82, 2.24) is 10.1 Å². The number of anilines is 1. The summed E-state index contributed by atoms with van der Waals surface area (Å²) in [7, 11) is 0. The predicted octanol–water partition coefficient (Wildman–Crippen LogP) is 1.20. The van der Waals surface area contributed by atoms with E-state index < -0.39 is 0 Å². The fourth-order valence-electron chi connectivity index (χ4n) is 0.766. The minimum atomic E-state index is -0.0372. The van der Waals surface area contributed by atoms with Crippen molar-refractivity contribution in [2.75, 3.05) is 5.32 Å². The number of hydrogen-bond acceptors (Lipinski definition) is 4. The van der Waals surface area contributed by atoms with Crippen molar-refractivity contribution in [1.29, 1.82) is 0 Å². The molecule has 0 aliphatic rings. The molecule has 1 unspecified atom stereocenters. The summed E-state index contributed by atoms with van der Waals surface area (Å²) in [5, 5.41) is 6.54. The van der Waals surface area contributed by atoms with Gasteiger partial charge in [-0.15, -0.1) is 6.42 Å². The number of aromatic nitrogens is 2. The molecule has 4 nitrogen and oxygen atoms in total. The summed E-state index contributed by atoms with van der Waals surface area (Å²) in [6.07, 6.45) is 6.07. The van der Waals surface area contributed by atoms with Gasteiger partial charge in [-0.2, -0.15) is 4.98 Å². The van der Waals surface area contributed by atoms with E-state index in [9.17, 15) is 0 Å². The van der Waals surface area contributed by atoms with Crippen LogP contribution in [0.15, 0.2) is 4.52 Å². The quantitative estimate of drug-likeness (QED) is 0.684. The van der Waals surface area contributed by atoms with Gasteiger partial charge in [-0.25, -0.2) is 0 Å². The molecular formula is C8H11N3O. The molecule has 0 bridgehead atoms. The molecule has 0 saturated heterocycles. The minimum absolute atomic E-state index is 0.0372. The van der Waals surface area contributed by atoms with Crippen LogP contribution in [0.5, 0.6) is 0 Å². The monoisotopic (exact) mass is 165 g/mol. The maximum atomic E-state index is 5.24. The Morgan fingerprint density at radius 1 is 1.75 bits per heavy atom. The van der Waals surface area contributed by atoms with E-state index >= 15 is 0 Å². The van der Waals surface area contributed by atoms with Crippen molar-refractivity contribution in [3.8, 4) is 12.3 Å². The van der Waals surface area contributed by atoms with Crippen LogP contribution in [-0.2, 0) is 0 Å².